The number of hydrogen-bond donors (Lipinski definition) is 0. The number of aryl methyl sites for hydroxylation is 1. The maximum atomic E-state index is 13.4. The number of carbonyl (C=O) groups excluding carboxylic acids is 1. The molecule has 2 aliphatic rings. The van der Waals surface area contributed by atoms with Gasteiger partial charge in [0.2, 0.25) is 0 Å². The van der Waals surface area contributed by atoms with Crippen LogP contribution in [0.3, 0.4) is 0 Å². The van der Waals surface area contributed by atoms with Crippen molar-refractivity contribution in [2.45, 2.75) is 52.0 Å². The monoisotopic (exact) mass is 572 g/mol. The van der Waals surface area contributed by atoms with Gasteiger partial charge in [-0.3, -0.25) is 4.79 Å². The second kappa shape index (κ2) is 11.4. The third kappa shape index (κ3) is 5.93. The predicted octanol–water partition coefficient (Wildman–Crippen LogP) is 5.80. The number of piperazine rings is 1. The van der Waals surface area contributed by atoms with Crippen molar-refractivity contribution in [2.75, 3.05) is 37.7 Å². The molecule has 41 heavy (non-hydrogen) atoms. The van der Waals surface area contributed by atoms with Crippen molar-refractivity contribution in [3.05, 3.63) is 71.1 Å². The fourth-order valence-electron chi connectivity index (χ4n) is 5.48. The molecule has 2 aliphatic heterocycles. The maximum absolute atomic E-state index is 13.4. The zero-order valence-corrected chi connectivity index (χ0v) is 24.8. The van der Waals surface area contributed by atoms with E-state index in [0.29, 0.717) is 44.4 Å². The Balaban J connectivity index is 1.18. The van der Waals surface area contributed by atoms with Crippen LogP contribution in [0.15, 0.2) is 60.7 Å². The summed E-state index contributed by atoms with van der Waals surface area (Å²) in [4.78, 5) is 29.4. The standard InChI is InChI=1S/C32H36N4O4S/c1-5-26-17-27-28(33-31(34-29(27)41-26)38-19-25-20-39-32(3,4)40-25)36-16-15-35(18-21(36)2)30(37)24-13-11-23(12-14-24)22-9-7-6-8-10-22/h6-14,17,21,25H,5,15-16,18-20H2,1-4H3/t21-,25+/m1/s1. The second-order valence-corrected chi connectivity index (χ2v) is 12.2. The molecule has 0 radical (unpaired) electrons. The van der Waals surface area contributed by atoms with E-state index in [0.717, 1.165) is 33.6 Å². The van der Waals surface area contributed by atoms with E-state index in [9.17, 15) is 4.79 Å². The summed E-state index contributed by atoms with van der Waals surface area (Å²) in [6, 6.07) is 20.7. The molecule has 2 aromatic heterocycles. The van der Waals surface area contributed by atoms with Crippen LogP contribution in [0.25, 0.3) is 21.3 Å². The Morgan fingerprint density at radius 2 is 1.83 bits per heavy atom. The van der Waals surface area contributed by atoms with Crippen LogP contribution in [0.5, 0.6) is 6.01 Å². The fraction of sp³-hybridized carbons (Fsp3) is 0.406. The molecule has 4 aromatic rings. The zero-order chi connectivity index (χ0) is 28.6. The van der Waals surface area contributed by atoms with E-state index in [1.165, 1.54) is 4.88 Å². The van der Waals surface area contributed by atoms with Crippen molar-refractivity contribution in [2.24, 2.45) is 0 Å². The van der Waals surface area contributed by atoms with E-state index >= 15 is 0 Å². The van der Waals surface area contributed by atoms with Gasteiger partial charge in [0.15, 0.2) is 5.79 Å². The number of ether oxygens (including phenoxy) is 3. The molecule has 2 saturated heterocycles. The lowest BCUT2D eigenvalue weighted by Gasteiger charge is -2.40. The molecule has 2 aromatic carbocycles. The van der Waals surface area contributed by atoms with Gasteiger partial charge in [0, 0.05) is 36.1 Å². The van der Waals surface area contributed by atoms with Crippen molar-refractivity contribution in [3.63, 3.8) is 0 Å². The van der Waals surface area contributed by atoms with Gasteiger partial charge in [-0.2, -0.15) is 9.97 Å². The van der Waals surface area contributed by atoms with Crippen molar-refractivity contribution < 1.29 is 19.0 Å². The van der Waals surface area contributed by atoms with Crippen LogP contribution in [0.2, 0.25) is 0 Å². The highest BCUT2D eigenvalue weighted by Gasteiger charge is 2.34. The molecule has 0 aliphatic carbocycles. The molecule has 6 rings (SSSR count). The second-order valence-electron chi connectivity index (χ2n) is 11.1. The smallest absolute Gasteiger partial charge is 0.319 e. The van der Waals surface area contributed by atoms with Gasteiger partial charge < -0.3 is 24.0 Å². The highest BCUT2D eigenvalue weighted by atomic mass is 32.1. The number of nitrogens with zero attached hydrogens (tertiary/aromatic N) is 4. The van der Waals surface area contributed by atoms with Gasteiger partial charge in [-0.25, -0.2) is 0 Å². The highest BCUT2D eigenvalue weighted by Crippen LogP contribution is 2.35. The van der Waals surface area contributed by atoms with E-state index in [1.807, 2.05) is 61.2 Å². The van der Waals surface area contributed by atoms with Gasteiger partial charge in [-0.15, -0.1) is 11.3 Å². The number of aromatic nitrogens is 2. The Morgan fingerprint density at radius 1 is 1.07 bits per heavy atom. The molecule has 8 nitrogen and oxygen atoms in total. The Bertz CT molecular complexity index is 1520. The minimum atomic E-state index is -0.607. The average molecular weight is 573 g/mol. The molecule has 0 spiro atoms. The van der Waals surface area contributed by atoms with Gasteiger partial charge in [0.05, 0.1) is 12.0 Å². The normalized spacial score (nSPS) is 20.5. The first-order chi connectivity index (χ1) is 19.8. The minimum absolute atomic E-state index is 0.0541. The van der Waals surface area contributed by atoms with Crippen LogP contribution in [-0.4, -0.2) is 71.6 Å². The molecular weight excluding hydrogens is 536 g/mol. The van der Waals surface area contributed by atoms with Crippen LogP contribution in [0, 0.1) is 0 Å². The minimum Gasteiger partial charge on any atom is -0.461 e. The molecule has 9 heteroatoms. The lowest BCUT2D eigenvalue weighted by molar-refractivity contribution is -0.141. The fourth-order valence-corrected chi connectivity index (χ4v) is 6.44. The molecule has 2 fully saturated rings. The van der Waals surface area contributed by atoms with Gasteiger partial charge in [-0.05, 0) is 56.5 Å². The van der Waals surface area contributed by atoms with Crippen molar-refractivity contribution in [1.29, 1.82) is 0 Å². The molecule has 0 unspecified atom stereocenters. The molecule has 214 valence electrons. The van der Waals surface area contributed by atoms with Crippen molar-refractivity contribution in [1.82, 2.24) is 14.9 Å². The highest BCUT2D eigenvalue weighted by molar-refractivity contribution is 7.18. The topological polar surface area (TPSA) is 77.0 Å². The van der Waals surface area contributed by atoms with E-state index in [-0.39, 0.29) is 18.1 Å². The lowest BCUT2D eigenvalue weighted by atomic mass is 10.0. The van der Waals surface area contributed by atoms with Crippen LogP contribution in [-0.2, 0) is 15.9 Å². The Hall–Kier alpha value is -3.53. The quantitative estimate of drug-likeness (QED) is 0.277. The van der Waals surface area contributed by atoms with Crippen LogP contribution in [0.1, 0.15) is 42.9 Å². The number of benzene rings is 2. The Morgan fingerprint density at radius 3 is 2.51 bits per heavy atom. The summed E-state index contributed by atoms with van der Waals surface area (Å²) < 4.78 is 17.6. The predicted molar refractivity (Wildman–Crippen MR) is 162 cm³/mol. The van der Waals surface area contributed by atoms with Crippen molar-refractivity contribution in [3.8, 4) is 17.1 Å². The number of thiophene rings is 1. The van der Waals surface area contributed by atoms with Gasteiger partial charge in [0.1, 0.15) is 23.4 Å². The summed E-state index contributed by atoms with van der Waals surface area (Å²) in [6.07, 6.45) is 0.761. The van der Waals surface area contributed by atoms with Gasteiger partial charge in [0.25, 0.3) is 5.91 Å². The molecule has 4 heterocycles. The van der Waals surface area contributed by atoms with Gasteiger partial charge >= 0.3 is 6.01 Å². The van der Waals surface area contributed by atoms with E-state index < -0.39 is 5.79 Å². The van der Waals surface area contributed by atoms with Crippen LogP contribution < -0.4 is 9.64 Å². The number of hydrogen-bond acceptors (Lipinski definition) is 8. The third-order valence-corrected chi connectivity index (χ3v) is 8.82. The summed E-state index contributed by atoms with van der Waals surface area (Å²) in [5, 5.41) is 1.03. The largest absolute Gasteiger partial charge is 0.461 e. The first-order valence-electron chi connectivity index (χ1n) is 14.3. The molecule has 0 bridgehead atoms. The summed E-state index contributed by atoms with van der Waals surface area (Å²) in [5.41, 5.74) is 2.95. The molecule has 0 saturated carbocycles. The number of anilines is 1. The lowest BCUT2D eigenvalue weighted by Crippen LogP contribution is -2.54. The molecular formula is C32H36N4O4S. The molecule has 1 amide bonds. The first-order valence-corrected chi connectivity index (χ1v) is 15.1. The summed E-state index contributed by atoms with van der Waals surface area (Å²) in [7, 11) is 0. The zero-order valence-electron chi connectivity index (χ0n) is 24.0. The third-order valence-electron chi connectivity index (χ3n) is 7.64. The van der Waals surface area contributed by atoms with Crippen LogP contribution in [0.4, 0.5) is 5.82 Å². The Labute approximate surface area is 244 Å². The maximum Gasteiger partial charge on any atom is 0.319 e. The van der Waals surface area contributed by atoms with Gasteiger partial charge in [-0.1, -0.05) is 49.4 Å². The van der Waals surface area contributed by atoms with E-state index in [1.54, 1.807) is 11.3 Å². The summed E-state index contributed by atoms with van der Waals surface area (Å²) in [5.74, 6) is 0.305. The SMILES string of the molecule is CCc1cc2c(N3CCN(C(=O)c4ccc(-c5ccccc5)cc4)C[C@H]3C)nc(OC[C@H]3COC(C)(C)O3)nc2s1. The Kier molecular flexibility index (Phi) is 7.68. The number of carbonyl (C=O) groups is 1. The van der Waals surface area contributed by atoms with Crippen molar-refractivity contribution >= 4 is 33.3 Å². The number of fused-ring (bicyclic) bond motifs is 1. The van der Waals surface area contributed by atoms with Crippen LogP contribution >= 0.6 is 11.3 Å². The average Bonchev–Trinajstić information content (AvgIpc) is 3.57. The summed E-state index contributed by atoms with van der Waals surface area (Å²) >= 11 is 1.67. The van der Waals surface area contributed by atoms with E-state index in [4.69, 9.17) is 24.2 Å². The van der Waals surface area contributed by atoms with E-state index in [2.05, 4.69) is 36.9 Å². The summed E-state index contributed by atoms with van der Waals surface area (Å²) in [6.45, 7) is 10.8. The number of rotatable bonds is 7. The first kappa shape index (κ1) is 27.6. The number of amides is 1. The molecule has 0 N–H and O–H groups in total. The molecule has 2 atom stereocenters.